The molecule has 0 aromatic heterocycles. The maximum absolute atomic E-state index is 13.1. The summed E-state index contributed by atoms with van der Waals surface area (Å²) in [5.41, 5.74) is 4.91. The lowest BCUT2D eigenvalue weighted by atomic mass is 10.1. The van der Waals surface area contributed by atoms with Crippen molar-refractivity contribution in [2.24, 2.45) is 0 Å². The Morgan fingerprint density at radius 2 is 1.87 bits per heavy atom. The van der Waals surface area contributed by atoms with Crippen molar-refractivity contribution >= 4 is 15.9 Å². The lowest BCUT2D eigenvalue weighted by Crippen LogP contribution is -2.59. The van der Waals surface area contributed by atoms with Gasteiger partial charge in [-0.1, -0.05) is 23.8 Å². The minimum Gasteiger partial charge on any atom is -0.489 e. The zero-order valence-corrected chi connectivity index (χ0v) is 18.1. The molecule has 8 nitrogen and oxygen atoms in total. The van der Waals surface area contributed by atoms with Crippen molar-refractivity contribution in [1.29, 1.82) is 0 Å². The Morgan fingerprint density at radius 1 is 1.17 bits per heavy atom. The highest BCUT2D eigenvalue weighted by atomic mass is 32.2. The average molecular weight is 434 g/mol. The van der Waals surface area contributed by atoms with Gasteiger partial charge >= 0.3 is 0 Å². The van der Waals surface area contributed by atoms with Gasteiger partial charge in [-0.05, 0) is 56.3 Å². The summed E-state index contributed by atoms with van der Waals surface area (Å²) >= 11 is 0. The van der Waals surface area contributed by atoms with E-state index >= 15 is 0 Å². The third kappa shape index (κ3) is 4.81. The van der Waals surface area contributed by atoms with Crippen LogP contribution in [0.5, 0.6) is 5.75 Å². The number of sulfonamides is 1. The molecule has 0 radical (unpaired) electrons. The molecule has 30 heavy (non-hydrogen) atoms. The van der Waals surface area contributed by atoms with Gasteiger partial charge < -0.3 is 9.64 Å². The maximum Gasteiger partial charge on any atom is 0.263 e. The fourth-order valence-corrected chi connectivity index (χ4v) is 5.01. The molecule has 1 atom stereocenters. The predicted octanol–water partition coefficient (Wildman–Crippen LogP) is 1.69. The molecule has 0 saturated carbocycles. The van der Waals surface area contributed by atoms with Crippen LogP contribution in [0, 0.1) is 13.8 Å². The monoisotopic (exact) mass is 433 g/mol. The second-order valence-electron chi connectivity index (χ2n) is 7.56. The van der Waals surface area contributed by atoms with Crippen LogP contribution < -0.4 is 10.2 Å². The molecule has 162 valence electrons. The van der Waals surface area contributed by atoms with Gasteiger partial charge in [0.15, 0.2) is 0 Å². The third-order valence-electron chi connectivity index (χ3n) is 5.28. The first-order chi connectivity index (χ1) is 14.2. The normalized spacial score (nSPS) is 18.2. The van der Waals surface area contributed by atoms with Crippen LogP contribution in [-0.2, 0) is 21.4 Å². The Kier molecular flexibility index (Phi) is 6.77. The summed E-state index contributed by atoms with van der Waals surface area (Å²) in [6.07, 6.45) is 0. The van der Waals surface area contributed by atoms with E-state index in [0.29, 0.717) is 18.9 Å². The van der Waals surface area contributed by atoms with E-state index in [2.05, 4.69) is 6.07 Å². The Balaban J connectivity index is 1.75. The fraction of sp³-hybridized carbons (Fsp3) is 0.381. The Hall–Kier alpha value is -2.46. The van der Waals surface area contributed by atoms with Gasteiger partial charge in [-0.2, -0.15) is 4.31 Å². The number of likely N-dealkylation sites (N-methyl/N-ethyl adjacent to an activating group) is 1. The minimum atomic E-state index is -3.91. The molecule has 1 unspecified atom stereocenters. The Labute approximate surface area is 177 Å². The largest absolute Gasteiger partial charge is 0.489 e. The molecule has 1 aliphatic heterocycles. The highest BCUT2D eigenvalue weighted by molar-refractivity contribution is 7.89. The van der Waals surface area contributed by atoms with E-state index in [1.54, 1.807) is 24.7 Å². The topological polar surface area (TPSA) is 99.2 Å². The van der Waals surface area contributed by atoms with Crippen LogP contribution in [0.4, 0.5) is 0 Å². The van der Waals surface area contributed by atoms with E-state index < -0.39 is 22.0 Å². The molecule has 2 aromatic carbocycles. The molecule has 2 N–H and O–H groups in total. The number of rotatable bonds is 6. The first kappa shape index (κ1) is 22.2. The number of carbonyl (C=O) groups is 1. The zero-order chi connectivity index (χ0) is 21.9. The summed E-state index contributed by atoms with van der Waals surface area (Å²) in [6, 6.07) is 11.3. The number of amides is 1. The van der Waals surface area contributed by atoms with E-state index in [-0.39, 0.29) is 18.0 Å². The number of hydrogen-bond donors (Lipinski definition) is 2. The fourth-order valence-electron chi connectivity index (χ4n) is 3.44. The molecule has 0 bridgehead atoms. The van der Waals surface area contributed by atoms with Crippen LogP contribution in [0.2, 0.25) is 0 Å². The molecule has 2 aromatic rings. The lowest BCUT2D eigenvalue weighted by Gasteiger charge is -2.37. The molecule has 3 rings (SSSR count). The molecule has 1 saturated heterocycles. The van der Waals surface area contributed by atoms with E-state index in [1.807, 2.05) is 30.9 Å². The minimum absolute atomic E-state index is 0.0712. The van der Waals surface area contributed by atoms with Gasteiger partial charge in [0.1, 0.15) is 18.4 Å². The second kappa shape index (κ2) is 9.13. The summed E-state index contributed by atoms with van der Waals surface area (Å²) in [7, 11) is -2.11. The second-order valence-corrected chi connectivity index (χ2v) is 9.45. The summed E-state index contributed by atoms with van der Waals surface area (Å²) in [6.45, 7) is 5.26. The van der Waals surface area contributed by atoms with Gasteiger partial charge in [-0.3, -0.25) is 10.0 Å². The van der Waals surface area contributed by atoms with E-state index in [9.17, 15) is 13.2 Å². The van der Waals surface area contributed by atoms with Crippen molar-refractivity contribution in [1.82, 2.24) is 14.7 Å². The average Bonchev–Trinajstić information content (AvgIpc) is 2.73. The smallest absolute Gasteiger partial charge is 0.263 e. The zero-order valence-electron chi connectivity index (χ0n) is 17.3. The van der Waals surface area contributed by atoms with Crippen LogP contribution in [0.25, 0.3) is 0 Å². The van der Waals surface area contributed by atoms with Crippen LogP contribution in [0.3, 0.4) is 0 Å². The van der Waals surface area contributed by atoms with Gasteiger partial charge in [0.2, 0.25) is 10.0 Å². The Bertz CT molecular complexity index is 1010. The van der Waals surface area contributed by atoms with Gasteiger partial charge in [0.25, 0.3) is 5.91 Å². The molecule has 0 spiro atoms. The number of hydrogen-bond acceptors (Lipinski definition) is 6. The van der Waals surface area contributed by atoms with Gasteiger partial charge in [0, 0.05) is 19.6 Å². The number of benzene rings is 2. The van der Waals surface area contributed by atoms with Crippen molar-refractivity contribution < 1.29 is 23.2 Å². The number of hydroxylamine groups is 1. The molecular weight excluding hydrogens is 406 g/mol. The standard InChI is InChI=1S/C21H27N3O5S/c1-15-4-5-16(2)17(12-15)14-29-18-6-8-19(9-7-18)30(27,28)24-11-10-23(3)13-20(24)21(25)22-26/h4-9,12,20,26H,10-11,13-14H2,1-3H3,(H,22,25). The van der Waals surface area contributed by atoms with Crippen molar-refractivity contribution in [3.05, 3.63) is 59.2 Å². The quantitative estimate of drug-likeness (QED) is 0.531. The number of aryl methyl sites for hydroxylation is 2. The van der Waals surface area contributed by atoms with E-state index in [1.165, 1.54) is 12.1 Å². The number of piperazine rings is 1. The van der Waals surface area contributed by atoms with Crippen molar-refractivity contribution in [3.8, 4) is 5.75 Å². The molecule has 1 heterocycles. The highest BCUT2D eigenvalue weighted by Gasteiger charge is 2.39. The van der Waals surface area contributed by atoms with Crippen LogP contribution in [0.15, 0.2) is 47.4 Å². The maximum atomic E-state index is 13.1. The lowest BCUT2D eigenvalue weighted by molar-refractivity contribution is -0.134. The number of ether oxygens (including phenoxy) is 1. The summed E-state index contributed by atoms with van der Waals surface area (Å²) in [4.78, 5) is 13.9. The highest BCUT2D eigenvalue weighted by Crippen LogP contribution is 2.24. The van der Waals surface area contributed by atoms with Gasteiger partial charge in [-0.15, -0.1) is 0 Å². The third-order valence-corrected chi connectivity index (χ3v) is 7.20. The number of nitrogens with one attached hydrogen (secondary N) is 1. The predicted molar refractivity (Wildman–Crippen MR) is 112 cm³/mol. The number of carbonyl (C=O) groups excluding carboxylic acids is 1. The summed E-state index contributed by atoms with van der Waals surface area (Å²) in [5.74, 6) is -0.198. The van der Waals surface area contributed by atoms with Crippen molar-refractivity contribution in [2.45, 2.75) is 31.4 Å². The summed E-state index contributed by atoms with van der Waals surface area (Å²) in [5, 5.41) is 9.00. The first-order valence-corrected chi connectivity index (χ1v) is 11.1. The van der Waals surface area contributed by atoms with Crippen LogP contribution >= 0.6 is 0 Å². The Morgan fingerprint density at radius 3 is 2.53 bits per heavy atom. The molecule has 1 fully saturated rings. The molecule has 1 aliphatic rings. The van der Waals surface area contributed by atoms with Crippen LogP contribution in [0.1, 0.15) is 16.7 Å². The summed E-state index contributed by atoms with van der Waals surface area (Å²) < 4.78 is 33.2. The van der Waals surface area contributed by atoms with E-state index in [0.717, 1.165) is 21.0 Å². The van der Waals surface area contributed by atoms with Crippen LogP contribution in [-0.4, -0.2) is 61.5 Å². The van der Waals surface area contributed by atoms with Crippen molar-refractivity contribution in [3.63, 3.8) is 0 Å². The number of nitrogens with zero attached hydrogens (tertiary/aromatic N) is 2. The van der Waals surface area contributed by atoms with Gasteiger partial charge in [0.05, 0.1) is 4.90 Å². The molecule has 1 amide bonds. The van der Waals surface area contributed by atoms with Crippen molar-refractivity contribution in [2.75, 3.05) is 26.7 Å². The molecule has 0 aliphatic carbocycles. The molecular formula is C21H27N3O5S. The van der Waals surface area contributed by atoms with Gasteiger partial charge in [-0.25, -0.2) is 13.9 Å². The van der Waals surface area contributed by atoms with E-state index in [4.69, 9.17) is 9.94 Å². The molecule has 9 heteroatoms. The SMILES string of the molecule is Cc1ccc(C)c(COc2ccc(S(=O)(=O)N3CCN(C)CC3C(=O)NO)cc2)c1. The first-order valence-electron chi connectivity index (χ1n) is 9.65.